The van der Waals surface area contributed by atoms with Gasteiger partial charge in [0.1, 0.15) is 11.4 Å². The van der Waals surface area contributed by atoms with E-state index in [0.29, 0.717) is 11.5 Å². The topological polar surface area (TPSA) is 82.3 Å². The summed E-state index contributed by atoms with van der Waals surface area (Å²) in [5, 5.41) is 15.3. The van der Waals surface area contributed by atoms with E-state index in [1.54, 1.807) is 6.20 Å². The number of rotatable bonds is 6. The predicted octanol–water partition coefficient (Wildman–Crippen LogP) is 5.20. The van der Waals surface area contributed by atoms with Gasteiger partial charge >= 0.3 is 0 Å². The molecular formula is C24H26N4O3S. The van der Waals surface area contributed by atoms with Crippen LogP contribution in [0, 0.1) is 0 Å². The monoisotopic (exact) mass is 450 g/mol. The van der Waals surface area contributed by atoms with Gasteiger partial charge in [0.2, 0.25) is 0 Å². The van der Waals surface area contributed by atoms with Crippen LogP contribution in [0.2, 0.25) is 0 Å². The summed E-state index contributed by atoms with van der Waals surface area (Å²) in [6, 6.07) is 11.8. The molecule has 8 heteroatoms. The zero-order valence-corrected chi connectivity index (χ0v) is 19.0. The molecule has 1 fully saturated rings. The van der Waals surface area contributed by atoms with Gasteiger partial charge in [0.05, 0.1) is 28.8 Å². The van der Waals surface area contributed by atoms with Crippen molar-refractivity contribution in [1.82, 2.24) is 19.7 Å². The summed E-state index contributed by atoms with van der Waals surface area (Å²) in [4.78, 5) is 11.3. The highest BCUT2D eigenvalue weighted by Gasteiger charge is 2.23. The zero-order valence-electron chi connectivity index (χ0n) is 18.2. The van der Waals surface area contributed by atoms with Crippen LogP contribution in [-0.4, -0.2) is 37.6 Å². The summed E-state index contributed by atoms with van der Waals surface area (Å²) in [5.74, 6) is 1.35. The van der Waals surface area contributed by atoms with Crippen LogP contribution in [0.3, 0.4) is 0 Å². The van der Waals surface area contributed by atoms with Gasteiger partial charge < -0.3 is 14.6 Å². The Morgan fingerprint density at radius 1 is 1.22 bits per heavy atom. The van der Waals surface area contributed by atoms with Crippen molar-refractivity contribution in [3.63, 3.8) is 0 Å². The summed E-state index contributed by atoms with van der Waals surface area (Å²) in [6.07, 6.45) is 4.87. The third-order valence-corrected chi connectivity index (χ3v) is 6.51. The Morgan fingerprint density at radius 3 is 2.88 bits per heavy atom. The predicted molar refractivity (Wildman–Crippen MR) is 125 cm³/mol. The van der Waals surface area contributed by atoms with Gasteiger partial charge in [-0.1, -0.05) is 0 Å². The number of benzene rings is 1. The quantitative estimate of drug-likeness (QED) is 0.435. The Balaban J connectivity index is 1.62. The molecule has 166 valence electrons. The van der Waals surface area contributed by atoms with Gasteiger partial charge in [-0.15, -0.1) is 11.3 Å². The molecule has 4 heterocycles. The van der Waals surface area contributed by atoms with Crippen LogP contribution in [0.1, 0.15) is 44.2 Å². The van der Waals surface area contributed by atoms with Crippen molar-refractivity contribution in [3.05, 3.63) is 47.5 Å². The lowest BCUT2D eigenvalue weighted by Gasteiger charge is -2.23. The minimum absolute atomic E-state index is 0.0255. The number of aliphatic hydroxyl groups is 1. The van der Waals surface area contributed by atoms with Gasteiger partial charge in [0.15, 0.2) is 12.1 Å². The van der Waals surface area contributed by atoms with Crippen molar-refractivity contribution in [2.45, 2.75) is 52.0 Å². The molecule has 0 saturated carbocycles. The Kier molecular flexibility index (Phi) is 5.91. The number of thiophene rings is 1. The number of fused-ring (bicyclic) bond motifs is 1. The molecule has 1 aliphatic rings. The molecule has 1 atom stereocenters. The van der Waals surface area contributed by atoms with Crippen LogP contribution in [0.5, 0.6) is 5.75 Å². The first kappa shape index (κ1) is 21.1. The van der Waals surface area contributed by atoms with Crippen molar-refractivity contribution in [3.8, 4) is 27.8 Å². The lowest BCUT2D eigenvalue weighted by molar-refractivity contribution is -0.0365. The minimum Gasteiger partial charge on any atom is -0.491 e. The molecule has 0 aliphatic carbocycles. The van der Waals surface area contributed by atoms with Crippen molar-refractivity contribution >= 4 is 22.2 Å². The first-order valence-electron chi connectivity index (χ1n) is 11.0. The number of hydrogen-bond donors (Lipinski definition) is 1. The lowest BCUT2D eigenvalue weighted by Crippen LogP contribution is -2.19. The minimum atomic E-state index is -0.0931. The van der Waals surface area contributed by atoms with E-state index < -0.39 is 0 Å². The standard InChI is InChI=1S/C24H26N4O3S/c1-15(2)31-16-6-8-20-18(13-16)23(27-28(20)22-5-3-4-12-30-22)24-25-11-10-19(26-24)21-9-7-17(14-29)32-21/h6-11,13,15,22,29H,3-5,12,14H2,1-2H3. The van der Waals surface area contributed by atoms with Crippen LogP contribution in [0.15, 0.2) is 42.6 Å². The van der Waals surface area contributed by atoms with E-state index in [9.17, 15) is 5.11 Å². The Hall–Kier alpha value is -2.81. The molecule has 0 spiro atoms. The maximum absolute atomic E-state index is 9.40. The number of nitrogens with zero attached hydrogens (tertiary/aromatic N) is 4. The second-order valence-corrected chi connectivity index (χ2v) is 9.32. The zero-order chi connectivity index (χ0) is 22.1. The average Bonchev–Trinajstić information content (AvgIpc) is 3.44. The second-order valence-electron chi connectivity index (χ2n) is 8.15. The van der Waals surface area contributed by atoms with E-state index in [1.165, 1.54) is 11.3 Å². The third-order valence-electron chi connectivity index (χ3n) is 5.42. The summed E-state index contributed by atoms with van der Waals surface area (Å²) in [5.41, 5.74) is 2.51. The maximum Gasteiger partial charge on any atom is 0.181 e. The highest BCUT2D eigenvalue weighted by molar-refractivity contribution is 7.15. The van der Waals surface area contributed by atoms with E-state index in [0.717, 1.165) is 58.0 Å². The van der Waals surface area contributed by atoms with E-state index in [1.807, 2.05) is 54.9 Å². The van der Waals surface area contributed by atoms with E-state index >= 15 is 0 Å². The fourth-order valence-electron chi connectivity index (χ4n) is 3.98. The molecule has 0 amide bonds. The molecule has 1 unspecified atom stereocenters. The van der Waals surface area contributed by atoms with Gasteiger partial charge in [-0.25, -0.2) is 14.6 Å². The fourth-order valence-corrected chi connectivity index (χ4v) is 4.81. The lowest BCUT2D eigenvalue weighted by atomic mass is 10.1. The number of hydrogen-bond acceptors (Lipinski definition) is 7. The smallest absolute Gasteiger partial charge is 0.181 e. The summed E-state index contributed by atoms with van der Waals surface area (Å²) >= 11 is 1.52. The molecule has 1 aromatic carbocycles. The van der Waals surface area contributed by atoms with Crippen LogP contribution in [0.4, 0.5) is 0 Å². The Bertz CT molecular complexity index is 1230. The molecule has 1 N–H and O–H groups in total. The molecule has 32 heavy (non-hydrogen) atoms. The normalized spacial score (nSPS) is 16.7. The summed E-state index contributed by atoms with van der Waals surface area (Å²) < 4.78 is 13.9. The SMILES string of the molecule is CC(C)Oc1ccc2c(c1)c(-c1nccc(-c3ccc(CO)s3)n1)nn2C1CCCCO1. The average molecular weight is 451 g/mol. The van der Waals surface area contributed by atoms with Crippen molar-refractivity contribution in [2.75, 3.05) is 6.61 Å². The number of aliphatic hydroxyl groups excluding tert-OH is 1. The maximum atomic E-state index is 9.40. The van der Waals surface area contributed by atoms with Gasteiger partial charge in [-0.2, -0.15) is 5.10 Å². The molecule has 1 aliphatic heterocycles. The van der Waals surface area contributed by atoms with Crippen molar-refractivity contribution < 1.29 is 14.6 Å². The highest BCUT2D eigenvalue weighted by atomic mass is 32.1. The summed E-state index contributed by atoms with van der Waals surface area (Å²) in [6.45, 7) is 4.79. The van der Waals surface area contributed by atoms with E-state index in [2.05, 4.69) is 4.98 Å². The van der Waals surface area contributed by atoms with Gasteiger partial charge in [0, 0.05) is 23.1 Å². The van der Waals surface area contributed by atoms with Crippen molar-refractivity contribution in [2.24, 2.45) is 0 Å². The summed E-state index contributed by atoms with van der Waals surface area (Å²) in [7, 11) is 0. The molecule has 7 nitrogen and oxygen atoms in total. The second kappa shape index (κ2) is 8.97. The largest absolute Gasteiger partial charge is 0.491 e. The van der Waals surface area contributed by atoms with Crippen LogP contribution in [-0.2, 0) is 11.3 Å². The van der Waals surface area contributed by atoms with Crippen LogP contribution in [0.25, 0.3) is 33.0 Å². The highest BCUT2D eigenvalue weighted by Crippen LogP contribution is 2.35. The molecule has 4 aromatic rings. The molecule has 0 bridgehead atoms. The van der Waals surface area contributed by atoms with Gasteiger partial charge in [0.25, 0.3) is 0 Å². The Labute approximate surface area is 190 Å². The first-order chi connectivity index (χ1) is 15.6. The molecule has 5 rings (SSSR count). The molecule has 0 radical (unpaired) electrons. The number of ether oxygens (including phenoxy) is 2. The Morgan fingerprint density at radius 2 is 2.12 bits per heavy atom. The molecule has 1 saturated heterocycles. The van der Waals surface area contributed by atoms with Gasteiger partial charge in [-0.3, -0.25) is 0 Å². The third kappa shape index (κ3) is 4.13. The van der Waals surface area contributed by atoms with E-state index in [4.69, 9.17) is 19.6 Å². The number of aromatic nitrogens is 4. The van der Waals surface area contributed by atoms with Crippen molar-refractivity contribution in [1.29, 1.82) is 0 Å². The van der Waals surface area contributed by atoms with Crippen LogP contribution < -0.4 is 4.74 Å². The first-order valence-corrected chi connectivity index (χ1v) is 11.8. The fraction of sp³-hybridized carbons (Fsp3) is 0.375. The molecule has 3 aromatic heterocycles. The van der Waals surface area contributed by atoms with Gasteiger partial charge in [-0.05, 0) is 69.5 Å². The van der Waals surface area contributed by atoms with E-state index in [-0.39, 0.29) is 18.9 Å². The molecular weight excluding hydrogens is 424 g/mol. The van der Waals surface area contributed by atoms with Crippen LogP contribution >= 0.6 is 11.3 Å².